The van der Waals surface area contributed by atoms with E-state index in [9.17, 15) is 4.79 Å². The van der Waals surface area contributed by atoms with Crippen LogP contribution in [0.25, 0.3) is 0 Å². The molecule has 0 bridgehead atoms. The van der Waals surface area contributed by atoms with Gasteiger partial charge in [-0.15, -0.1) is 6.58 Å². The molecule has 0 heterocycles. The number of hydrogen-bond donors (Lipinski definition) is 2. The summed E-state index contributed by atoms with van der Waals surface area (Å²) in [5.41, 5.74) is 1.10. The number of aliphatic hydroxyl groups is 1. The van der Waals surface area contributed by atoms with Gasteiger partial charge < -0.3 is 10.4 Å². The van der Waals surface area contributed by atoms with E-state index in [4.69, 9.17) is 5.11 Å². The molecule has 0 aliphatic carbocycles. The van der Waals surface area contributed by atoms with Crippen LogP contribution in [0.2, 0.25) is 0 Å². The van der Waals surface area contributed by atoms with Crippen LogP contribution in [0.5, 0.6) is 0 Å². The SMILES string of the molecule is C=CCC(=O)NC(CO)Cc1ccccc1. The van der Waals surface area contributed by atoms with Gasteiger partial charge in [-0.2, -0.15) is 0 Å². The van der Waals surface area contributed by atoms with Crippen molar-refractivity contribution < 1.29 is 9.90 Å². The molecule has 1 atom stereocenters. The Morgan fingerprint density at radius 3 is 2.69 bits per heavy atom. The first-order valence-corrected chi connectivity index (χ1v) is 5.31. The zero-order valence-electron chi connectivity index (χ0n) is 9.23. The van der Waals surface area contributed by atoms with Gasteiger partial charge in [-0.05, 0) is 12.0 Å². The van der Waals surface area contributed by atoms with Crippen LogP contribution in [0.4, 0.5) is 0 Å². The lowest BCUT2D eigenvalue weighted by molar-refractivity contribution is -0.121. The van der Waals surface area contributed by atoms with Gasteiger partial charge in [0, 0.05) is 6.42 Å². The van der Waals surface area contributed by atoms with E-state index in [2.05, 4.69) is 11.9 Å². The molecular weight excluding hydrogens is 202 g/mol. The minimum Gasteiger partial charge on any atom is -0.394 e. The van der Waals surface area contributed by atoms with Gasteiger partial charge in [-0.1, -0.05) is 36.4 Å². The Morgan fingerprint density at radius 1 is 1.44 bits per heavy atom. The summed E-state index contributed by atoms with van der Waals surface area (Å²) in [4.78, 5) is 11.3. The number of hydrogen-bond acceptors (Lipinski definition) is 2. The van der Waals surface area contributed by atoms with E-state index < -0.39 is 0 Å². The van der Waals surface area contributed by atoms with Gasteiger partial charge in [0.25, 0.3) is 0 Å². The van der Waals surface area contributed by atoms with Crippen LogP contribution in [0, 0.1) is 0 Å². The Labute approximate surface area is 95.8 Å². The third kappa shape index (κ3) is 4.28. The maximum atomic E-state index is 11.3. The maximum Gasteiger partial charge on any atom is 0.224 e. The van der Waals surface area contributed by atoms with Crippen molar-refractivity contribution in [3.05, 3.63) is 48.6 Å². The average molecular weight is 219 g/mol. The number of nitrogens with one attached hydrogen (secondary N) is 1. The summed E-state index contributed by atoms with van der Waals surface area (Å²) < 4.78 is 0. The highest BCUT2D eigenvalue weighted by atomic mass is 16.3. The van der Waals surface area contributed by atoms with E-state index in [1.807, 2.05) is 30.3 Å². The molecule has 0 spiro atoms. The standard InChI is InChI=1S/C13H17NO2/c1-2-6-13(16)14-12(10-15)9-11-7-4-3-5-8-11/h2-5,7-8,12,15H,1,6,9-10H2,(H,14,16). The van der Waals surface area contributed by atoms with E-state index >= 15 is 0 Å². The number of carbonyl (C=O) groups excluding carboxylic acids is 1. The van der Waals surface area contributed by atoms with Crippen molar-refractivity contribution in [3.8, 4) is 0 Å². The van der Waals surface area contributed by atoms with E-state index in [0.29, 0.717) is 6.42 Å². The van der Waals surface area contributed by atoms with Gasteiger partial charge in [-0.25, -0.2) is 0 Å². The predicted octanol–water partition coefficient (Wildman–Crippen LogP) is 1.28. The summed E-state index contributed by atoms with van der Waals surface area (Å²) in [6, 6.07) is 9.54. The van der Waals surface area contributed by atoms with E-state index in [0.717, 1.165) is 5.56 Å². The third-order valence-electron chi connectivity index (χ3n) is 2.24. The Morgan fingerprint density at radius 2 is 2.12 bits per heavy atom. The van der Waals surface area contributed by atoms with Crippen molar-refractivity contribution in [3.63, 3.8) is 0 Å². The van der Waals surface area contributed by atoms with Crippen molar-refractivity contribution >= 4 is 5.91 Å². The van der Waals surface area contributed by atoms with Gasteiger partial charge in [0.15, 0.2) is 0 Å². The van der Waals surface area contributed by atoms with E-state index in [1.54, 1.807) is 6.08 Å². The summed E-state index contributed by atoms with van der Waals surface area (Å²) in [5.74, 6) is -0.106. The monoisotopic (exact) mass is 219 g/mol. The Hall–Kier alpha value is -1.61. The van der Waals surface area contributed by atoms with Crippen molar-refractivity contribution in [1.29, 1.82) is 0 Å². The summed E-state index contributed by atoms with van der Waals surface area (Å²) >= 11 is 0. The highest BCUT2D eigenvalue weighted by Crippen LogP contribution is 2.03. The second kappa shape index (κ2) is 6.80. The van der Waals surface area contributed by atoms with Crippen molar-refractivity contribution in [2.45, 2.75) is 18.9 Å². The molecule has 16 heavy (non-hydrogen) atoms. The van der Waals surface area contributed by atoms with E-state index in [-0.39, 0.29) is 25.0 Å². The largest absolute Gasteiger partial charge is 0.394 e. The number of amides is 1. The molecule has 3 heteroatoms. The van der Waals surface area contributed by atoms with Gasteiger partial charge in [0.1, 0.15) is 0 Å². The van der Waals surface area contributed by atoms with Crippen LogP contribution in [0.1, 0.15) is 12.0 Å². The first-order chi connectivity index (χ1) is 7.76. The Bertz CT molecular complexity index is 335. The molecule has 0 aliphatic heterocycles. The quantitative estimate of drug-likeness (QED) is 0.708. The fourth-order valence-electron chi connectivity index (χ4n) is 1.48. The van der Waals surface area contributed by atoms with Gasteiger partial charge >= 0.3 is 0 Å². The van der Waals surface area contributed by atoms with E-state index in [1.165, 1.54) is 0 Å². The number of aliphatic hydroxyl groups excluding tert-OH is 1. The summed E-state index contributed by atoms with van der Waals surface area (Å²) in [6.45, 7) is 3.44. The van der Waals surface area contributed by atoms with Gasteiger partial charge in [-0.3, -0.25) is 4.79 Å². The summed E-state index contributed by atoms with van der Waals surface area (Å²) in [5, 5.41) is 11.9. The smallest absolute Gasteiger partial charge is 0.224 e. The summed E-state index contributed by atoms with van der Waals surface area (Å²) in [6.07, 6.45) is 2.47. The minimum atomic E-state index is -0.227. The molecule has 86 valence electrons. The molecule has 1 aromatic rings. The van der Waals surface area contributed by atoms with Crippen molar-refractivity contribution in [2.75, 3.05) is 6.61 Å². The molecule has 1 rings (SSSR count). The molecule has 1 unspecified atom stereocenters. The third-order valence-corrected chi connectivity index (χ3v) is 2.24. The fourth-order valence-corrected chi connectivity index (χ4v) is 1.48. The topological polar surface area (TPSA) is 49.3 Å². The van der Waals surface area contributed by atoms with Gasteiger partial charge in [0.2, 0.25) is 5.91 Å². The maximum absolute atomic E-state index is 11.3. The fraction of sp³-hybridized carbons (Fsp3) is 0.308. The molecule has 0 aliphatic rings. The van der Waals surface area contributed by atoms with Crippen molar-refractivity contribution in [1.82, 2.24) is 5.32 Å². The molecule has 0 fully saturated rings. The number of rotatable bonds is 6. The molecule has 0 saturated heterocycles. The second-order valence-electron chi connectivity index (χ2n) is 3.63. The zero-order chi connectivity index (χ0) is 11.8. The first-order valence-electron chi connectivity index (χ1n) is 5.31. The number of carbonyl (C=O) groups is 1. The molecule has 2 N–H and O–H groups in total. The van der Waals surface area contributed by atoms with Crippen LogP contribution in [-0.2, 0) is 11.2 Å². The van der Waals surface area contributed by atoms with Crippen LogP contribution in [-0.4, -0.2) is 23.7 Å². The molecule has 0 saturated carbocycles. The molecule has 3 nitrogen and oxygen atoms in total. The van der Waals surface area contributed by atoms with Crippen LogP contribution < -0.4 is 5.32 Å². The first kappa shape index (κ1) is 12.5. The molecule has 0 aromatic heterocycles. The Balaban J connectivity index is 2.49. The summed E-state index contributed by atoms with van der Waals surface area (Å²) in [7, 11) is 0. The predicted molar refractivity (Wildman–Crippen MR) is 64.0 cm³/mol. The molecule has 1 aromatic carbocycles. The molecule has 1 amide bonds. The lowest BCUT2D eigenvalue weighted by Crippen LogP contribution is -2.38. The molecular formula is C13H17NO2. The second-order valence-corrected chi connectivity index (χ2v) is 3.63. The van der Waals surface area contributed by atoms with Crippen LogP contribution in [0.15, 0.2) is 43.0 Å². The normalized spacial score (nSPS) is 11.8. The van der Waals surface area contributed by atoms with Gasteiger partial charge in [0.05, 0.1) is 12.6 Å². The molecule has 0 radical (unpaired) electrons. The van der Waals surface area contributed by atoms with Crippen molar-refractivity contribution in [2.24, 2.45) is 0 Å². The van der Waals surface area contributed by atoms with Crippen LogP contribution in [0.3, 0.4) is 0 Å². The Kier molecular flexibility index (Phi) is 5.29. The zero-order valence-corrected chi connectivity index (χ0v) is 9.23. The highest BCUT2D eigenvalue weighted by Gasteiger charge is 2.10. The lowest BCUT2D eigenvalue weighted by Gasteiger charge is -2.15. The average Bonchev–Trinajstić information content (AvgIpc) is 2.30. The number of benzene rings is 1. The lowest BCUT2D eigenvalue weighted by atomic mass is 10.1. The van der Waals surface area contributed by atoms with Crippen LogP contribution >= 0.6 is 0 Å². The highest BCUT2D eigenvalue weighted by molar-refractivity contribution is 5.77. The minimum absolute atomic E-state index is 0.0578.